The Hall–Kier alpha value is -2.34. The zero-order valence-corrected chi connectivity index (χ0v) is 13.6. The van der Waals surface area contributed by atoms with E-state index in [9.17, 15) is 9.59 Å². The van der Waals surface area contributed by atoms with E-state index >= 15 is 0 Å². The molecule has 6 nitrogen and oxygen atoms in total. The molecule has 1 amide bonds. The molecular weight excluding hydrogens is 308 g/mol. The molecule has 0 radical (unpaired) electrons. The zero-order chi connectivity index (χ0) is 16.9. The van der Waals surface area contributed by atoms with E-state index < -0.39 is 12.0 Å². The summed E-state index contributed by atoms with van der Waals surface area (Å²) in [6.07, 6.45) is 4.47. The number of anilines is 1. The van der Waals surface area contributed by atoms with E-state index in [0.717, 1.165) is 44.0 Å². The first-order valence-electron chi connectivity index (χ1n) is 8.29. The van der Waals surface area contributed by atoms with Gasteiger partial charge in [0.1, 0.15) is 6.04 Å². The van der Waals surface area contributed by atoms with E-state index in [0.29, 0.717) is 13.0 Å². The van der Waals surface area contributed by atoms with Crippen molar-refractivity contribution in [1.29, 1.82) is 0 Å². The van der Waals surface area contributed by atoms with Crippen molar-refractivity contribution < 1.29 is 19.4 Å². The number of carboxylic acids is 1. The van der Waals surface area contributed by atoms with Gasteiger partial charge in [-0.2, -0.15) is 0 Å². The van der Waals surface area contributed by atoms with Crippen LogP contribution in [0.25, 0.3) is 6.08 Å². The molecule has 6 heteroatoms. The fourth-order valence-electron chi connectivity index (χ4n) is 3.17. The maximum absolute atomic E-state index is 12.2. The first-order valence-corrected chi connectivity index (χ1v) is 8.29. The van der Waals surface area contributed by atoms with E-state index in [1.54, 1.807) is 6.08 Å². The molecule has 0 saturated carbocycles. The highest BCUT2D eigenvalue weighted by Gasteiger charge is 2.32. The molecule has 128 valence electrons. The molecule has 2 aliphatic heterocycles. The highest BCUT2D eigenvalue weighted by Crippen LogP contribution is 2.19. The number of aliphatic carboxylic acids is 1. The number of carbonyl (C=O) groups excluding carboxylic acids is 1. The lowest BCUT2D eigenvalue weighted by atomic mass is 10.1. The van der Waals surface area contributed by atoms with Crippen LogP contribution in [0.15, 0.2) is 30.3 Å². The first-order chi connectivity index (χ1) is 11.6. The minimum atomic E-state index is -0.927. The Bertz CT molecular complexity index is 620. The Balaban J connectivity index is 1.61. The third-order valence-corrected chi connectivity index (χ3v) is 4.51. The number of benzene rings is 1. The van der Waals surface area contributed by atoms with Crippen LogP contribution < -0.4 is 4.90 Å². The van der Waals surface area contributed by atoms with E-state index in [4.69, 9.17) is 9.84 Å². The van der Waals surface area contributed by atoms with E-state index in [1.807, 2.05) is 24.3 Å². The number of carbonyl (C=O) groups is 2. The number of nitrogens with zero attached hydrogens (tertiary/aromatic N) is 2. The van der Waals surface area contributed by atoms with Gasteiger partial charge in [-0.05, 0) is 36.6 Å². The van der Waals surface area contributed by atoms with Crippen molar-refractivity contribution in [1.82, 2.24) is 4.90 Å². The second-order valence-corrected chi connectivity index (χ2v) is 6.05. The van der Waals surface area contributed by atoms with Gasteiger partial charge in [0.25, 0.3) is 0 Å². The monoisotopic (exact) mass is 330 g/mol. The number of hydrogen-bond donors (Lipinski definition) is 1. The summed E-state index contributed by atoms with van der Waals surface area (Å²) in [7, 11) is 0. The minimum Gasteiger partial charge on any atom is -0.480 e. The molecule has 0 bridgehead atoms. The smallest absolute Gasteiger partial charge is 0.326 e. The molecule has 0 aliphatic carbocycles. The third-order valence-electron chi connectivity index (χ3n) is 4.51. The number of ether oxygens (including phenoxy) is 1. The minimum absolute atomic E-state index is 0.239. The number of hydrogen-bond acceptors (Lipinski definition) is 4. The maximum atomic E-state index is 12.2. The van der Waals surface area contributed by atoms with Gasteiger partial charge < -0.3 is 19.6 Å². The van der Waals surface area contributed by atoms with Gasteiger partial charge in [0.05, 0.1) is 13.2 Å². The highest BCUT2D eigenvalue weighted by molar-refractivity contribution is 5.94. The normalized spacial score (nSPS) is 21.4. The van der Waals surface area contributed by atoms with Crippen LogP contribution in [0.2, 0.25) is 0 Å². The lowest BCUT2D eigenvalue weighted by Gasteiger charge is -2.28. The molecule has 1 N–H and O–H groups in total. The van der Waals surface area contributed by atoms with Gasteiger partial charge >= 0.3 is 5.97 Å². The van der Waals surface area contributed by atoms with Crippen LogP contribution in [0.1, 0.15) is 18.4 Å². The Morgan fingerprint density at radius 2 is 1.83 bits per heavy atom. The Kier molecular flexibility index (Phi) is 5.15. The van der Waals surface area contributed by atoms with Crippen LogP contribution in [0.5, 0.6) is 0 Å². The molecule has 2 saturated heterocycles. The van der Waals surface area contributed by atoms with Crippen LogP contribution in [0.3, 0.4) is 0 Å². The molecule has 3 rings (SSSR count). The van der Waals surface area contributed by atoms with Crippen molar-refractivity contribution in [3.63, 3.8) is 0 Å². The Labute approximate surface area is 141 Å². The molecule has 24 heavy (non-hydrogen) atoms. The summed E-state index contributed by atoms with van der Waals surface area (Å²) in [4.78, 5) is 27.0. The lowest BCUT2D eigenvalue weighted by Crippen LogP contribution is -2.39. The molecule has 0 aromatic heterocycles. The predicted octanol–water partition coefficient (Wildman–Crippen LogP) is 1.61. The molecule has 1 aromatic rings. The average Bonchev–Trinajstić information content (AvgIpc) is 3.11. The standard InChI is InChI=1S/C18H22N2O4/c21-17(20-9-1-2-16(20)18(22)23)8-5-14-3-6-15(7-4-14)19-10-12-24-13-11-19/h3-8,16H,1-2,9-13H2,(H,22,23). The lowest BCUT2D eigenvalue weighted by molar-refractivity contribution is -0.146. The van der Waals surface area contributed by atoms with Crippen molar-refractivity contribution in [3.05, 3.63) is 35.9 Å². The van der Waals surface area contributed by atoms with Gasteiger partial charge in [-0.1, -0.05) is 12.1 Å². The van der Waals surface area contributed by atoms with Gasteiger partial charge in [-0.3, -0.25) is 4.79 Å². The van der Waals surface area contributed by atoms with Crippen molar-refractivity contribution in [2.24, 2.45) is 0 Å². The van der Waals surface area contributed by atoms with E-state index in [1.165, 1.54) is 11.0 Å². The molecular formula is C18H22N2O4. The van der Waals surface area contributed by atoms with Crippen molar-refractivity contribution in [3.8, 4) is 0 Å². The summed E-state index contributed by atoms with van der Waals surface area (Å²) in [6, 6.07) is 7.31. The topological polar surface area (TPSA) is 70.1 Å². The number of rotatable bonds is 4. The maximum Gasteiger partial charge on any atom is 0.326 e. The molecule has 2 fully saturated rings. The van der Waals surface area contributed by atoms with Crippen LogP contribution in [-0.2, 0) is 14.3 Å². The highest BCUT2D eigenvalue weighted by atomic mass is 16.5. The third kappa shape index (κ3) is 3.76. The summed E-state index contributed by atoms with van der Waals surface area (Å²) in [6.45, 7) is 3.78. The summed E-state index contributed by atoms with van der Waals surface area (Å²) >= 11 is 0. The Morgan fingerprint density at radius 3 is 2.50 bits per heavy atom. The molecule has 1 unspecified atom stereocenters. The SMILES string of the molecule is O=C(O)C1CCCN1C(=O)C=Cc1ccc(N2CCOCC2)cc1. The summed E-state index contributed by atoms with van der Waals surface area (Å²) in [5.74, 6) is -1.17. The van der Waals surface area contributed by atoms with Crippen LogP contribution >= 0.6 is 0 Å². The van der Waals surface area contributed by atoms with Gasteiger partial charge in [0.15, 0.2) is 0 Å². The second-order valence-electron chi connectivity index (χ2n) is 6.05. The second kappa shape index (κ2) is 7.49. The molecule has 0 spiro atoms. The number of amides is 1. The average molecular weight is 330 g/mol. The summed E-state index contributed by atoms with van der Waals surface area (Å²) in [5, 5.41) is 9.14. The number of carboxylic acid groups (broad SMARTS) is 1. The van der Waals surface area contributed by atoms with Gasteiger partial charge in [-0.15, -0.1) is 0 Å². The first kappa shape index (κ1) is 16.5. The number of likely N-dealkylation sites (tertiary alicyclic amines) is 1. The van der Waals surface area contributed by atoms with Crippen molar-refractivity contribution in [2.75, 3.05) is 37.7 Å². The van der Waals surface area contributed by atoms with Gasteiger partial charge in [0.2, 0.25) is 5.91 Å². The zero-order valence-electron chi connectivity index (χ0n) is 13.6. The number of morpholine rings is 1. The fourth-order valence-corrected chi connectivity index (χ4v) is 3.17. The fraction of sp³-hybridized carbons (Fsp3) is 0.444. The van der Waals surface area contributed by atoms with Gasteiger partial charge in [-0.25, -0.2) is 4.79 Å². The van der Waals surface area contributed by atoms with Crippen LogP contribution in [0, 0.1) is 0 Å². The molecule has 1 aromatic carbocycles. The molecule has 1 atom stereocenters. The molecule has 2 heterocycles. The molecule has 2 aliphatic rings. The largest absolute Gasteiger partial charge is 0.480 e. The van der Waals surface area contributed by atoms with Gasteiger partial charge in [0, 0.05) is 31.4 Å². The Morgan fingerprint density at radius 1 is 1.12 bits per heavy atom. The van der Waals surface area contributed by atoms with Crippen LogP contribution in [-0.4, -0.2) is 60.8 Å². The predicted molar refractivity (Wildman–Crippen MR) is 90.9 cm³/mol. The summed E-state index contributed by atoms with van der Waals surface area (Å²) < 4.78 is 5.35. The van der Waals surface area contributed by atoms with Crippen molar-refractivity contribution in [2.45, 2.75) is 18.9 Å². The van der Waals surface area contributed by atoms with E-state index in [2.05, 4.69) is 4.90 Å². The quantitative estimate of drug-likeness (QED) is 0.850. The van der Waals surface area contributed by atoms with Crippen molar-refractivity contribution >= 4 is 23.6 Å². The van der Waals surface area contributed by atoms with Crippen LogP contribution in [0.4, 0.5) is 5.69 Å². The van der Waals surface area contributed by atoms with E-state index in [-0.39, 0.29) is 5.91 Å². The summed E-state index contributed by atoms with van der Waals surface area (Å²) in [5.41, 5.74) is 2.07.